The monoisotopic (exact) mass is 1320 g/mol. The Morgan fingerprint density at radius 2 is 0.507 bits per heavy atom. The molecule has 17 heteroatoms. The van der Waals surface area contributed by atoms with Gasteiger partial charge in [0.15, 0.2) is 0 Å². The van der Waals surface area contributed by atoms with Crippen LogP contribution in [0.4, 0.5) is 45.5 Å². The van der Waals surface area contributed by atoms with Crippen molar-refractivity contribution >= 4 is 117 Å². The molecule has 0 aliphatic carbocycles. The summed E-state index contributed by atoms with van der Waals surface area (Å²) in [6.45, 7) is 23.3. The second kappa shape index (κ2) is 36.5. The molecule has 12 nitrogen and oxygen atoms in total. The fourth-order valence-corrected chi connectivity index (χ4v) is 7.58. The minimum absolute atomic E-state index is 0. The maximum absolute atomic E-state index is 12.6. The van der Waals surface area contributed by atoms with Gasteiger partial charge in [0, 0.05) is 129 Å². The molecule has 6 aromatic carbocycles. The number of halogens is 4. The Balaban J connectivity index is 0.000000459. The number of alkyl halides is 4. The molecule has 0 spiro atoms. The number of para-hydroxylation sites is 4. The van der Waals surface area contributed by atoms with Crippen molar-refractivity contribution in [3.63, 3.8) is 0 Å². The Morgan fingerprint density at radius 1 is 0.333 bits per heavy atom. The van der Waals surface area contributed by atoms with Gasteiger partial charge in [-0.25, -0.2) is 0 Å². The van der Waals surface area contributed by atoms with E-state index in [9.17, 15) is 20.4 Å². The zero-order valence-electron chi connectivity index (χ0n) is 44.1. The van der Waals surface area contributed by atoms with Crippen molar-refractivity contribution in [2.24, 2.45) is 20.0 Å². The molecule has 6 rings (SSSR count). The zero-order chi connectivity index (χ0) is 54.4. The minimum atomic E-state index is -0.0709. The van der Waals surface area contributed by atoms with Gasteiger partial charge in [0.25, 0.3) is 0 Å². The SMILES string of the molecule is CCN(CC)c1ccc(C=Nc2ccccc2N=Cc2ccc(N(CC)CC)cc2[O-])c([O-])c1.CCN(CC)c1ccc(C=Nc2ccccc2N=Cc2ccc(N(CC)CC)cc2[O-])c([O-])c1.ClCCl.ClCCl.[Pu]. The van der Waals surface area contributed by atoms with Gasteiger partial charge in [-0.1, -0.05) is 71.5 Å². The van der Waals surface area contributed by atoms with E-state index in [0.29, 0.717) is 45.0 Å². The topological polar surface area (TPSA) is 155 Å². The third kappa shape index (κ3) is 20.9. The third-order valence-corrected chi connectivity index (χ3v) is 11.6. The van der Waals surface area contributed by atoms with E-state index in [2.05, 4.69) is 95.0 Å². The molecular weight excluding hydrogens is 1260 g/mol. The number of anilines is 4. The first-order valence-electron chi connectivity index (χ1n) is 24.7. The van der Waals surface area contributed by atoms with Gasteiger partial charge in [0.2, 0.25) is 0 Å². The maximum Gasteiger partial charge on any atom is 0.0967 e. The normalized spacial score (nSPS) is 10.8. The molecule has 0 aliphatic rings. The summed E-state index contributed by atoms with van der Waals surface area (Å²) in [6, 6.07) is 36.4. The summed E-state index contributed by atoms with van der Waals surface area (Å²) in [5.74, 6) is -0.284. The number of benzene rings is 6. The van der Waals surface area contributed by atoms with Gasteiger partial charge < -0.3 is 40.0 Å². The van der Waals surface area contributed by atoms with Gasteiger partial charge >= 0.3 is 0 Å². The van der Waals surface area contributed by atoms with Crippen LogP contribution in [0.1, 0.15) is 77.6 Å². The predicted molar refractivity (Wildman–Crippen MR) is 313 cm³/mol. The van der Waals surface area contributed by atoms with Crippen molar-refractivity contribution in [3.8, 4) is 23.0 Å². The van der Waals surface area contributed by atoms with Crippen LogP contribution in [-0.2, 0) is 0 Å². The predicted octanol–water partition coefficient (Wildman–Crippen LogP) is 12.9. The van der Waals surface area contributed by atoms with E-state index in [1.54, 1.807) is 73.4 Å². The average molecular weight is 1330 g/mol. The largest absolute Gasteiger partial charge is 0.872 e. The van der Waals surface area contributed by atoms with Crippen LogP contribution in [-0.4, -0.2) is 87.9 Å². The van der Waals surface area contributed by atoms with E-state index in [0.717, 1.165) is 75.1 Å². The molecule has 0 aliphatic heterocycles. The van der Waals surface area contributed by atoms with Crippen molar-refractivity contribution in [2.75, 3.05) is 82.6 Å². The Hall–Kier alpha value is -5.45. The Kier molecular flexibility index (Phi) is 32.0. The molecule has 0 atom stereocenters. The number of nitrogens with zero attached hydrogens (tertiary/aromatic N) is 8. The van der Waals surface area contributed by atoms with Crippen LogP contribution in [0.2, 0.25) is 0 Å². The second-order valence-electron chi connectivity index (χ2n) is 15.8. The fraction of sp³-hybridized carbons (Fsp3) is 0.310. The number of hydrogen-bond donors (Lipinski definition) is 0. The molecule has 0 radical (unpaired) electrons. The van der Waals surface area contributed by atoms with E-state index >= 15 is 0 Å². The molecule has 402 valence electrons. The van der Waals surface area contributed by atoms with Gasteiger partial charge in [0.05, 0.1) is 33.4 Å². The van der Waals surface area contributed by atoms with Crippen LogP contribution in [0.3, 0.4) is 0 Å². The molecule has 0 heterocycles. The van der Waals surface area contributed by atoms with Crippen LogP contribution in [0.25, 0.3) is 0 Å². The summed E-state index contributed by atoms with van der Waals surface area (Å²) in [5, 5.41) is 50.6. The van der Waals surface area contributed by atoms with E-state index in [-0.39, 0.29) is 62.9 Å². The van der Waals surface area contributed by atoms with Crippen LogP contribution in [0.15, 0.2) is 141 Å². The van der Waals surface area contributed by atoms with Gasteiger partial charge in [-0.05, 0) is 150 Å². The van der Waals surface area contributed by atoms with Gasteiger partial charge in [-0.15, -0.1) is 46.4 Å². The Labute approximate surface area is 487 Å². The van der Waals surface area contributed by atoms with Crippen LogP contribution in [0.5, 0.6) is 23.0 Å². The summed E-state index contributed by atoms with van der Waals surface area (Å²) >= 11 is 19.1. The van der Waals surface area contributed by atoms with Crippen LogP contribution in [0, 0.1) is 29.2 Å². The molecular formula is C58H68Cl4N8O4Pu-4. The van der Waals surface area contributed by atoms with Crippen LogP contribution < -0.4 is 40.0 Å². The molecule has 0 aromatic heterocycles. The van der Waals surface area contributed by atoms with Crippen molar-refractivity contribution < 1.29 is 49.6 Å². The Bertz CT molecular complexity index is 2360. The van der Waals surface area contributed by atoms with E-state index in [1.165, 1.54) is 0 Å². The molecule has 0 saturated heterocycles. The van der Waals surface area contributed by atoms with Crippen molar-refractivity contribution in [1.82, 2.24) is 0 Å². The molecule has 0 N–H and O–H groups in total. The molecule has 0 fully saturated rings. The van der Waals surface area contributed by atoms with E-state index < -0.39 is 0 Å². The van der Waals surface area contributed by atoms with Crippen molar-refractivity contribution in [1.29, 1.82) is 0 Å². The standard InChI is InChI=1S/2C28H34N4O2.2CH2Cl2.Pu/c2*1-5-31(6-2)23-15-13-21(27(33)17-23)19-29-25-11-9-10-12-26(25)30-20-22-14-16-24(18-28(22)34)32(7-3)8-4;2*2-1-3;/h2*9-20,33-34H,5-8H2,1-4H3;2*1H2;/p-4. The summed E-state index contributed by atoms with van der Waals surface area (Å²) in [4.78, 5) is 26.6. The first-order valence-corrected chi connectivity index (χ1v) is 26.8. The minimum Gasteiger partial charge on any atom is -0.872 e. The zero-order valence-corrected chi connectivity index (χ0v) is 50.5. The summed E-state index contributed by atoms with van der Waals surface area (Å²) in [6.07, 6.45) is 6.28. The molecule has 0 unspecified atom stereocenters. The fourth-order valence-electron chi connectivity index (χ4n) is 7.58. The molecule has 75 heavy (non-hydrogen) atoms. The summed E-state index contributed by atoms with van der Waals surface area (Å²) in [5.41, 5.74) is 8.22. The third-order valence-electron chi connectivity index (χ3n) is 11.6. The smallest absolute Gasteiger partial charge is 0.0967 e. The van der Waals surface area contributed by atoms with Crippen molar-refractivity contribution in [3.05, 3.63) is 144 Å². The molecule has 6 aromatic rings. The summed E-state index contributed by atoms with van der Waals surface area (Å²) in [7, 11) is 0. The molecule has 0 bridgehead atoms. The summed E-state index contributed by atoms with van der Waals surface area (Å²) < 4.78 is 0. The number of hydrogen-bond acceptors (Lipinski definition) is 12. The molecule has 0 saturated carbocycles. The first kappa shape index (κ1) is 65.7. The number of aliphatic imine (C=N–C) groups is 4. The quantitative estimate of drug-likeness (QED) is 0.0540. The van der Waals surface area contributed by atoms with E-state index in [1.807, 2.05) is 72.8 Å². The Morgan fingerprint density at radius 3 is 0.653 bits per heavy atom. The molecule has 0 amide bonds. The second-order valence-corrected chi connectivity index (χ2v) is 17.4. The van der Waals surface area contributed by atoms with Gasteiger partial charge in [-0.3, -0.25) is 20.0 Å². The van der Waals surface area contributed by atoms with E-state index in [4.69, 9.17) is 46.4 Å². The van der Waals surface area contributed by atoms with Gasteiger partial charge in [0.1, 0.15) is 0 Å². The van der Waals surface area contributed by atoms with Gasteiger partial charge in [-0.2, -0.15) is 0 Å². The van der Waals surface area contributed by atoms with Crippen molar-refractivity contribution in [2.45, 2.75) is 55.4 Å². The van der Waals surface area contributed by atoms with Crippen LogP contribution >= 0.6 is 46.4 Å². The maximum atomic E-state index is 12.6. The number of rotatable bonds is 20. The first-order chi connectivity index (χ1) is 35.8. The average Bonchev–Trinajstić information content (AvgIpc) is 3.40.